The van der Waals surface area contributed by atoms with E-state index < -0.39 is 0 Å². The van der Waals surface area contributed by atoms with Gasteiger partial charge in [-0.1, -0.05) is 218 Å². The lowest BCUT2D eigenvalue weighted by molar-refractivity contribution is 0.670. The van der Waals surface area contributed by atoms with E-state index in [2.05, 4.69) is 188 Å². The molecule has 13 rings (SSSR count). The molecule has 0 aliphatic rings. The lowest BCUT2D eigenvalue weighted by atomic mass is 9.85. The van der Waals surface area contributed by atoms with Gasteiger partial charge < -0.3 is 4.42 Å². The minimum Gasteiger partial charge on any atom is -0.455 e. The molecule has 65 heavy (non-hydrogen) atoms. The molecule has 0 saturated heterocycles. The van der Waals surface area contributed by atoms with Crippen molar-refractivity contribution in [1.29, 1.82) is 0 Å². The quantitative estimate of drug-likeness (QED) is 0.157. The molecule has 11 aromatic carbocycles. The molecule has 0 aliphatic carbocycles. The molecule has 0 N–H and O–H groups in total. The van der Waals surface area contributed by atoms with E-state index in [1.54, 1.807) is 0 Å². The van der Waals surface area contributed by atoms with Crippen LogP contribution in [0.25, 0.3) is 133 Å². The minimum absolute atomic E-state index is 0.631. The van der Waals surface area contributed by atoms with Crippen molar-refractivity contribution in [3.05, 3.63) is 224 Å². The summed E-state index contributed by atoms with van der Waals surface area (Å²) in [5.74, 6) is 1.89. The van der Waals surface area contributed by atoms with E-state index in [1.807, 2.05) is 36.4 Å². The van der Waals surface area contributed by atoms with Crippen LogP contribution < -0.4 is 0 Å². The standard InChI is InChI=1S/C61H37N3O/c1-4-20-38(21-5-1)53-41-26-10-12-28-43(41)55(44-29-13-11-27-42(44)53)50-35-18-36-51-56-49(34-19-37-52(56)65-58(50)51)54-45-30-14-16-32-47(45)57(48-33-17-15-31-46(48)54)61-63-59(39-22-6-2-7-23-39)62-60(64-61)40-24-8-3-9-25-40/h1-37H. The van der Waals surface area contributed by atoms with Gasteiger partial charge >= 0.3 is 0 Å². The summed E-state index contributed by atoms with van der Waals surface area (Å²) in [7, 11) is 0. The highest BCUT2D eigenvalue weighted by Gasteiger charge is 2.25. The highest BCUT2D eigenvalue weighted by atomic mass is 16.3. The predicted molar refractivity (Wildman–Crippen MR) is 270 cm³/mol. The number of para-hydroxylation sites is 1. The van der Waals surface area contributed by atoms with Crippen molar-refractivity contribution in [2.45, 2.75) is 0 Å². The molecular formula is C61H37N3O. The van der Waals surface area contributed by atoms with Crippen LogP contribution in [0.4, 0.5) is 0 Å². The van der Waals surface area contributed by atoms with E-state index in [9.17, 15) is 0 Å². The Labute approximate surface area is 374 Å². The first-order valence-corrected chi connectivity index (χ1v) is 22.0. The Morgan fingerprint density at radius 1 is 0.246 bits per heavy atom. The lowest BCUT2D eigenvalue weighted by Gasteiger charge is -2.18. The van der Waals surface area contributed by atoms with Crippen LogP contribution in [0.2, 0.25) is 0 Å². The van der Waals surface area contributed by atoms with E-state index in [0.29, 0.717) is 17.5 Å². The van der Waals surface area contributed by atoms with Crippen LogP contribution in [-0.2, 0) is 0 Å². The van der Waals surface area contributed by atoms with Crippen molar-refractivity contribution < 1.29 is 4.42 Å². The fourth-order valence-corrected chi connectivity index (χ4v) is 10.2. The maximum atomic E-state index is 7.11. The third-order valence-corrected chi connectivity index (χ3v) is 12.9. The van der Waals surface area contributed by atoms with Gasteiger partial charge in [0.15, 0.2) is 17.5 Å². The first-order valence-electron chi connectivity index (χ1n) is 22.0. The molecule has 2 aromatic heterocycles. The van der Waals surface area contributed by atoms with Crippen LogP contribution in [-0.4, -0.2) is 15.0 Å². The highest BCUT2D eigenvalue weighted by Crippen LogP contribution is 2.50. The van der Waals surface area contributed by atoms with Gasteiger partial charge in [-0.25, -0.2) is 15.0 Å². The second-order valence-electron chi connectivity index (χ2n) is 16.5. The SMILES string of the molecule is c1ccc(-c2nc(-c3ccccc3)nc(-c3c4ccccc4c(-c4cccc5oc6c(-c7c8ccccc8c(-c8ccccc8)c8ccccc78)cccc6c45)c4ccccc34)n2)cc1. The minimum atomic E-state index is 0.631. The first kappa shape index (κ1) is 36.9. The third-order valence-electron chi connectivity index (χ3n) is 12.9. The Hall–Kier alpha value is -8.73. The van der Waals surface area contributed by atoms with E-state index in [1.165, 1.54) is 38.2 Å². The molecule has 0 bridgehead atoms. The lowest BCUT2D eigenvalue weighted by Crippen LogP contribution is -2.01. The summed E-state index contributed by atoms with van der Waals surface area (Å²) in [5.41, 5.74) is 11.5. The van der Waals surface area contributed by atoms with Gasteiger partial charge in [0.05, 0.1) is 0 Å². The van der Waals surface area contributed by atoms with Gasteiger partial charge in [0.25, 0.3) is 0 Å². The predicted octanol–water partition coefficient (Wildman–Crippen LogP) is 16.4. The number of aromatic nitrogens is 3. The molecule has 0 aliphatic heterocycles. The maximum absolute atomic E-state index is 7.11. The molecule has 0 atom stereocenters. The van der Waals surface area contributed by atoms with Crippen molar-refractivity contribution in [2.24, 2.45) is 0 Å². The number of nitrogens with zero attached hydrogens (tertiary/aromatic N) is 3. The molecule has 0 saturated carbocycles. The summed E-state index contributed by atoms with van der Waals surface area (Å²) in [6.07, 6.45) is 0. The monoisotopic (exact) mass is 827 g/mol. The maximum Gasteiger partial charge on any atom is 0.165 e. The van der Waals surface area contributed by atoms with Gasteiger partial charge in [-0.05, 0) is 71.4 Å². The Morgan fingerprint density at radius 3 is 1.09 bits per heavy atom. The van der Waals surface area contributed by atoms with Crippen LogP contribution in [0.1, 0.15) is 0 Å². The summed E-state index contributed by atoms with van der Waals surface area (Å²) in [6.45, 7) is 0. The van der Waals surface area contributed by atoms with Gasteiger partial charge in [-0.2, -0.15) is 0 Å². The molecule has 0 radical (unpaired) electrons. The number of benzene rings is 11. The zero-order valence-electron chi connectivity index (χ0n) is 35.1. The van der Waals surface area contributed by atoms with Gasteiger partial charge in [0, 0.05) is 38.6 Å². The Kier molecular flexibility index (Phi) is 8.50. The fraction of sp³-hybridized carbons (Fsp3) is 0. The van der Waals surface area contributed by atoms with E-state index in [4.69, 9.17) is 19.4 Å². The summed E-state index contributed by atoms with van der Waals surface area (Å²) in [4.78, 5) is 15.5. The van der Waals surface area contributed by atoms with E-state index >= 15 is 0 Å². The van der Waals surface area contributed by atoms with Crippen LogP contribution in [0, 0.1) is 0 Å². The molecule has 0 unspecified atom stereocenters. The molecule has 4 nitrogen and oxygen atoms in total. The third kappa shape index (κ3) is 5.88. The molecule has 13 aromatic rings. The Balaban J connectivity index is 1.08. The van der Waals surface area contributed by atoms with Gasteiger partial charge in [-0.3, -0.25) is 0 Å². The summed E-state index contributed by atoms with van der Waals surface area (Å²) >= 11 is 0. The van der Waals surface area contributed by atoms with Crippen LogP contribution in [0.3, 0.4) is 0 Å². The van der Waals surface area contributed by atoms with Crippen LogP contribution in [0.15, 0.2) is 229 Å². The molecule has 0 fully saturated rings. The van der Waals surface area contributed by atoms with Crippen molar-refractivity contribution in [3.8, 4) is 67.5 Å². The molecular weight excluding hydrogens is 791 g/mol. The number of furan rings is 1. The van der Waals surface area contributed by atoms with Gasteiger partial charge in [-0.15, -0.1) is 0 Å². The Morgan fingerprint density at radius 2 is 0.600 bits per heavy atom. The number of rotatable bonds is 6. The molecule has 302 valence electrons. The largest absolute Gasteiger partial charge is 0.455 e. The number of fused-ring (bicyclic) bond motifs is 7. The molecule has 4 heteroatoms. The van der Waals surface area contributed by atoms with Gasteiger partial charge in [0.2, 0.25) is 0 Å². The average Bonchev–Trinajstić information content (AvgIpc) is 3.77. The molecule has 0 amide bonds. The second kappa shape index (κ2) is 15.0. The zero-order chi connectivity index (χ0) is 42.8. The number of hydrogen-bond donors (Lipinski definition) is 0. The van der Waals surface area contributed by atoms with Crippen molar-refractivity contribution >= 4 is 65.0 Å². The van der Waals surface area contributed by atoms with Crippen molar-refractivity contribution in [2.75, 3.05) is 0 Å². The summed E-state index contributed by atoms with van der Waals surface area (Å²) < 4.78 is 7.11. The summed E-state index contributed by atoms with van der Waals surface area (Å²) in [6, 6.07) is 79.2. The highest BCUT2D eigenvalue weighted by molar-refractivity contribution is 6.28. The van der Waals surface area contributed by atoms with Crippen LogP contribution in [0.5, 0.6) is 0 Å². The normalized spacial score (nSPS) is 11.7. The van der Waals surface area contributed by atoms with Crippen molar-refractivity contribution in [1.82, 2.24) is 15.0 Å². The number of hydrogen-bond acceptors (Lipinski definition) is 4. The molecule has 0 spiro atoms. The van der Waals surface area contributed by atoms with Crippen LogP contribution >= 0.6 is 0 Å². The smallest absolute Gasteiger partial charge is 0.165 e. The zero-order valence-corrected chi connectivity index (χ0v) is 35.1. The van der Waals surface area contributed by atoms with Gasteiger partial charge in [0.1, 0.15) is 11.2 Å². The average molecular weight is 828 g/mol. The Bertz CT molecular complexity index is 3820. The molecule has 2 heterocycles. The first-order chi connectivity index (χ1) is 32.3. The van der Waals surface area contributed by atoms with Crippen molar-refractivity contribution in [3.63, 3.8) is 0 Å². The van der Waals surface area contributed by atoms with E-state index in [0.717, 1.165) is 76.9 Å². The summed E-state index contributed by atoms with van der Waals surface area (Å²) in [5, 5.41) is 11.3. The topological polar surface area (TPSA) is 51.8 Å². The van der Waals surface area contributed by atoms with E-state index in [-0.39, 0.29) is 0 Å². The second-order valence-corrected chi connectivity index (χ2v) is 16.5. The fourth-order valence-electron chi connectivity index (χ4n) is 10.2.